The van der Waals surface area contributed by atoms with Crippen molar-refractivity contribution in [2.24, 2.45) is 0 Å². The summed E-state index contributed by atoms with van der Waals surface area (Å²) in [5.41, 5.74) is 1.14. The minimum absolute atomic E-state index is 0.191. The van der Waals surface area contributed by atoms with E-state index in [1.165, 1.54) is 12.8 Å². The molecule has 74 valence electrons. The van der Waals surface area contributed by atoms with Crippen LogP contribution in [0.2, 0.25) is 0 Å². The third-order valence-corrected chi connectivity index (χ3v) is 2.22. The topological polar surface area (TPSA) is 38.0 Å². The van der Waals surface area contributed by atoms with Gasteiger partial charge in [0, 0.05) is 24.9 Å². The van der Waals surface area contributed by atoms with E-state index in [0.29, 0.717) is 6.54 Å². The van der Waals surface area contributed by atoms with Gasteiger partial charge in [0.2, 0.25) is 0 Å². The first kappa shape index (κ1) is 10.3. The summed E-state index contributed by atoms with van der Waals surface area (Å²) in [5.74, 6) is 1.11. The summed E-state index contributed by atoms with van der Waals surface area (Å²) in [6.45, 7) is 5.06. The molecular weight excluding hydrogens is 164 g/mol. The normalized spacial score (nSPS) is 10.7. The standard InChI is InChI=1S/C10H18N2O/c1-3-4-5-10-11-8-9(2)12(10)6-7-13/h8,13H,3-7H2,1-2H3. The first-order chi connectivity index (χ1) is 6.29. The van der Waals surface area contributed by atoms with Crippen LogP contribution in [-0.4, -0.2) is 21.3 Å². The van der Waals surface area contributed by atoms with Gasteiger partial charge in [-0.2, -0.15) is 0 Å². The number of aliphatic hydroxyl groups excluding tert-OH is 1. The molecule has 0 aliphatic carbocycles. The van der Waals surface area contributed by atoms with Crippen LogP contribution < -0.4 is 0 Å². The van der Waals surface area contributed by atoms with Crippen LogP contribution in [0.4, 0.5) is 0 Å². The molecule has 1 aromatic rings. The summed E-state index contributed by atoms with van der Waals surface area (Å²) in [6, 6.07) is 0. The zero-order valence-corrected chi connectivity index (χ0v) is 8.45. The second-order valence-corrected chi connectivity index (χ2v) is 3.29. The second-order valence-electron chi connectivity index (χ2n) is 3.29. The predicted octanol–water partition coefficient (Wildman–Crippen LogP) is 1.53. The lowest BCUT2D eigenvalue weighted by Gasteiger charge is -2.07. The van der Waals surface area contributed by atoms with Crippen LogP contribution in [-0.2, 0) is 13.0 Å². The maximum absolute atomic E-state index is 8.86. The molecule has 0 atom stereocenters. The van der Waals surface area contributed by atoms with E-state index in [0.717, 1.165) is 17.9 Å². The predicted molar refractivity (Wildman–Crippen MR) is 52.7 cm³/mol. The maximum atomic E-state index is 8.86. The molecule has 0 unspecified atom stereocenters. The van der Waals surface area contributed by atoms with Crippen molar-refractivity contribution >= 4 is 0 Å². The van der Waals surface area contributed by atoms with Crippen molar-refractivity contribution in [1.29, 1.82) is 0 Å². The van der Waals surface area contributed by atoms with Gasteiger partial charge in [0.15, 0.2) is 0 Å². The Balaban J connectivity index is 2.68. The molecule has 0 aromatic carbocycles. The molecule has 0 bridgehead atoms. The molecule has 1 aromatic heterocycles. The highest BCUT2D eigenvalue weighted by Crippen LogP contribution is 2.07. The number of hydrogen-bond donors (Lipinski definition) is 1. The molecule has 1 rings (SSSR count). The van der Waals surface area contributed by atoms with Gasteiger partial charge in [-0.25, -0.2) is 4.98 Å². The molecule has 0 fully saturated rings. The Morgan fingerprint density at radius 2 is 2.31 bits per heavy atom. The molecule has 0 spiro atoms. The molecule has 0 amide bonds. The lowest BCUT2D eigenvalue weighted by atomic mass is 10.2. The lowest BCUT2D eigenvalue weighted by Crippen LogP contribution is -2.08. The van der Waals surface area contributed by atoms with E-state index in [9.17, 15) is 0 Å². The average Bonchev–Trinajstić information content (AvgIpc) is 2.46. The number of aromatic nitrogens is 2. The largest absolute Gasteiger partial charge is 0.395 e. The zero-order chi connectivity index (χ0) is 9.68. The third kappa shape index (κ3) is 2.56. The molecule has 0 saturated carbocycles. The number of imidazole rings is 1. The number of aliphatic hydroxyl groups is 1. The molecule has 3 heteroatoms. The fourth-order valence-electron chi connectivity index (χ4n) is 1.45. The minimum Gasteiger partial charge on any atom is -0.395 e. The first-order valence-electron chi connectivity index (χ1n) is 4.91. The highest BCUT2D eigenvalue weighted by molar-refractivity contribution is 5.03. The smallest absolute Gasteiger partial charge is 0.108 e. The van der Waals surface area contributed by atoms with Crippen LogP contribution in [0.1, 0.15) is 31.3 Å². The quantitative estimate of drug-likeness (QED) is 0.750. The molecule has 1 N–H and O–H groups in total. The van der Waals surface area contributed by atoms with Crippen molar-refractivity contribution in [3.8, 4) is 0 Å². The summed E-state index contributed by atoms with van der Waals surface area (Å²) < 4.78 is 2.09. The van der Waals surface area contributed by atoms with Crippen LogP contribution in [0.25, 0.3) is 0 Å². The summed E-state index contributed by atoms with van der Waals surface area (Å²) in [5, 5.41) is 8.86. The van der Waals surface area contributed by atoms with E-state index in [2.05, 4.69) is 16.5 Å². The van der Waals surface area contributed by atoms with Gasteiger partial charge in [-0.15, -0.1) is 0 Å². The SMILES string of the molecule is CCCCc1ncc(C)n1CCO. The number of unbranched alkanes of at least 4 members (excludes halogenated alkanes) is 1. The van der Waals surface area contributed by atoms with E-state index in [1.807, 2.05) is 13.1 Å². The number of rotatable bonds is 5. The van der Waals surface area contributed by atoms with Crippen LogP contribution in [0.5, 0.6) is 0 Å². The van der Waals surface area contributed by atoms with E-state index in [4.69, 9.17) is 5.11 Å². The Kier molecular flexibility index (Phi) is 3.96. The minimum atomic E-state index is 0.191. The highest BCUT2D eigenvalue weighted by Gasteiger charge is 2.04. The molecule has 13 heavy (non-hydrogen) atoms. The Morgan fingerprint density at radius 3 is 2.92 bits per heavy atom. The van der Waals surface area contributed by atoms with Gasteiger partial charge >= 0.3 is 0 Å². The Morgan fingerprint density at radius 1 is 1.54 bits per heavy atom. The van der Waals surface area contributed by atoms with Gasteiger partial charge in [-0.3, -0.25) is 0 Å². The molecule has 0 aliphatic heterocycles. The molecule has 1 heterocycles. The van der Waals surface area contributed by atoms with Crippen molar-refractivity contribution < 1.29 is 5.11 Å². The summed E-state index contributed by atoms with van der Waals surface area (Å²) >= 11 is 0. The molecule has 0 radical (unpaired) electrons. The van der Waals surface area contributed by atoms with Crippen molar-refractivity contribution in [2.75, 3.05) is 6.61 Å². The van der Waals surface area contributed by atoms with Crippen LogP contribution in [0.15, 0.2) is 6.20 Å². The lowest BCUT2D eigenvalue weighted by molar-refractivity contribution is 0.273. The Bertz CT molecular complexity index is 255. The van der Waals surface area contributed by atoms with Gasteiger partial charge < -0.3 is 9.67 Å². The molecular formula is C10H18N2O. The van der Waals surface area contributed by atoms with Gasteiger partial charge in [0.25, 0.3) is 0 Å². The monoisotopic (exact) mass is 182 g/mol. The van der Waals surface area contributed by atoms with Crippen molar-refractivity contribution in [1.82, 2.24) is 9.55 Å². The van der Waals surface area contributed by atoms with E-state index in [1.54, 1.807) is 0 Å². The Hall–Kier alpha value is -0.830. The fraction of sp³-hybridized carbons (Fsp3) is 0.700. The van der Waals surface area contributed by atoms with Crippen LogP contribution in [0, 0.1) is 6.92 Å². The molecule has 0 saturated heterocycles. The summed E-state index contributed by atoms with van der Waals surface area (Å²) in [6.07, 6.45) is 5.25. The zero-order valence-electron chi connectivity index (χ0n) is 8.45. The first-order valence-corrected chi connectivity index (χ1v) is 4.91. The third-order valence-electron chi connectivity index (χ3n) is 2.22. The fourth-order valence-corrected chi connectivity index (χ4v) is 1.45. The van der Waals surface area contributed by atoms with E-state index < -0.39 is 0 Å². The van der Waals surface area contributed by atoms with Crippen LogP contribution >= 0.6 is 0 Å². The van der Waals surface area contributed by atoms with Gasteiger partial charge in [-0.05, 0) is 13.3 Å². The second kappa shape index (κ2) is 5.02. The number of nitrogens with zero attached hydrogens (tertiary/aromatic N) is 2. The maximum Gasteiger partial charge on any atom is 0.108 e. The van der Waals surface area contributed by atoms with E-state index >= 15 is 0 Å². The van der Waals surface area contributed by atoms with Crippen molar-refractivity contribution in [3.05, 3.63) is 17.7 Å². The van der Waals surface area contributed by atoms with Crippen LogP contribution in [0.3, 0.4) is 0 Å². The Labute approximate surface area is 79.4 Å². The highest BCUT2D eigenvalue weighted by atomic mass is 16.3. The molecule has 0 aliphatic rings. The number of aryl methyl sites for hydroxylation is 2. The summed E-state index contributed by atoms with van der Waals surface area (Å²) in [4.78, 5) is 4.32. The van der Waals surface area contributed by atoms with E-state index in [-0.39, 0.29) is 6.61 Å². The molecule has 3 nitrogen and oxygen atoms in total. The van der Waals surface area contributed by atoms with Crippen molar-refractivity contribution in [2.45, 2.75) is 39.7 Å². The summed E-state index contributed by atoms with van der Waals surface area (Å²) in [7, 11) is 0. The number of hydrogen-bond acceptors (Lipinski definition) is 2. The van der Waals surface area contributed by atoms with Crippen molar-refractivity contribution in [3.63, 3.8) is 0 Å². The average molecular weight is 182 g/mol. The van der Waals surface area contributed by atoms with Gasteiger partial charge in [0.1, 0.15) is 5.82 Å². The van der Waals surface area contributed by atoms with Gasteiger partial charge in [0.05, 0.1) is 6.61 Å². The van der Waals surface area contributed by atoms with Gasteiger partial charge in [-0.1, -0.05) is 13.3 Å².